The van der Waals surface area contributed by atoms with E-state index in [0.717, 1.165) is 0 Å². The number of aliphatic imine (C=N–C) groups is 1. The lowest BCUT2D eigenvalue weighted by atomic mass is 10.2. The van der Waals surface area contributed by atoms with E-state index in [1.807, 2.05) is 33.9 Å². The minimum Gasteiger partial charge on any atom is -0.480 e. The lowest BCUT2D eigenvalue weighted by molar-refractivity contribution is -0.134. The smallest absolute Gasteiger partial charge is 0.255 e. The standard InChI is InChI=1S/C20H30Cl2N2O3Si/c1-13(26-17-15(21)9-8-10-16(17)22)18-23-11-12-24(18)19(25)14(2)27-28(6,7)20(3,4)5/h8-10,13-14H,11-12H2,1-7H3/t13-,14-/m0/s1/i11D2,12D2. The number of benzene rings is 1. The number of para-hydroxylation sites is 1. The van der Waals surface area contributed by atoms with E-state index in [0.29, 0.717) is 4.90 Å². The predicted octanol–water partition coefficient (Wildman–Crippen LogP) is 5.41. The fourth-order valence-electron chi connectivity index (χ4n) is 2.36. The SMILES string of the molecule is [2H]C1([2H])N=C([C@H](C)Oc2c(Cl)cccc2Cl)N(C(=O)[C@H](C)O[Si](C)(C)C(C)(C)C)C1([2H])[2H]. The molecule has 1 aliphatic rings. The fourth-order valence-corrected chi connectivity index (χ4v) is 4.18. The molecule has 28 heavy (non-hydrogen) atoms. The maximum absolute atomic E-state index is 13.4. The van der Waals surface area contributed by atoms with Crippen molar-refractivity contribution < 1.29 is 19.4 Å². The first-order valence-corrected chi connectivity index (χ1v) is 12.7. The molecule has 2 atom stereocenters. The molecule has 0 saturated heterocycles. The van der Waals surface area contributed by atoms with E-state index in [-0.39, 0.29) is 26.7 Å². The Morgan fingerprint density at radius 1 is 1.29 bits per heavy atom. The van der Waals surface area contributed by atoms with Crippen molar-refractivity contribution in [3.8, 4) is 5.75 Å². The molecular formula is C20H30Cl2N2O3Si. The number of carbonyl (C=O) groups excluding carboxylic acids is 1. The van der Waals surface area contributed by atoms with Gasteiger partial charge in [-0.05, 0) is 44.1 Å². The van der Waals surface area contributed by atoms with Gasteiger partial charge in [0.25, 0.3) is 5.91 Å². The van der Waals surface area contributed by atoms with Crippen molar-refractivity contribution >= 4 is 43.3 Å². The molecule has 0 saturated carbocycles. The van der Waals surface area contributed by atoms with Crippen molar-refractivity contribution in [3.63, 3.8) is 0 Å². The van der Waals surface area contributed by atoms with E-state index in [1.54, 1.807) is 25.1 Å². The number of amidine groups is 1. The van der Waals surface area contributed by atoms with Crippen LogP contribution in [0.2, 0.25) is 28.2 Å². The van der Waals surface area contributed by atoms with Crippen LogP contribution in [0.15, 0.2) is 23.2 Å². The second-order valence-corrected chi connectivity index (χ2v) is 13.8. The summed E-state index contributed by atoms with van der Waals surface area (Å²) in [7, 11) is -2.36. The van der Waals surface area contributed by atoms with Crippen LogP contribution >= 0.6 is 23.2 Å². The molecule has 1 heterocycles. The summed E-state index contributed by atoms with van der Waals surface area (Å²) < 4.78 is 44.8. The molecule has 1 amide bonds. The van der Waals surface area contributed by atoms with Crippen molar-refractivity contribution in [2.75, 3.05) is 13.0 Å². The quantitative estimate of drug-likeness (QED) is 0.546. The lowest BCUT2D eigenvalue weighted by Gasteiger charge is -2.38. The van der Waals surface area contributed by atoms with Crippen molar-refractivity contribution in [1.29, 1.82) is 0 Å². The summed E-state index contributed by atoms with van der Waals surface area (Å²) in [5.41, 5.74) is 0. The average molecular weight is 449 g/mol. The van der Waals surface area contributed by atoms with Crippen LogP contribution < -0.4 is 4.74 Å². The number of hydrogen-bond acceptors (Lipinski definition) is 4. The highest BCUT2D eigenvalue weighted by Crippen LogP contribution is 2.37. The summed E-state index contributed by atoms with van der Waals surface area (Å²) in [5.74, 6) is -0.802. The van der Waals surface area contributed by atoms with Crippen molar-refractivity contribution in [3.05, 3.63) is 28.2 Å². The predicted molar refractivity (Wildman–Crippen MR) is 118 cm³/mol. The Hall–Kier alpha value is -1.08. The van der Waals surface area contributed by atoms with Crippen LogP contribution in [-0.2, 0) is 9.22 Å². The highest BCUT2D eigenvalue weighted by atomic mass is 35.5. The van der Waals surface area contributed by atoms with E-state index in [1.165, 1.54) is 6.92 Å². The first-order valence-electron chi connectivity index (χ1n) is 11.1. The molecule has 5 nitrogen and oxygen atoms in total. The summed E-state index contributed by atoms with van der Waals surface area (Å²) >= 11 is 12.3. The summed E-state index contributed by atoms with van der Waals surface area (Å²) in [5, 5.41) is 0.275. The number of hydrogen-bond donors (Lipinski definition) is 0. The van der Waals surface area contributed by atoms with Gasteiger partial charge in [-0.3, -0.25) is 14.7 Å². The maximum Gasteiger partial charge on any atom is 0.255 e. The van der Waals surface area contributed by atoms with Crippen LogP contribution in [-0.4, -0.2) is 50.2 Å². The Morgan fingerprint density at radius 2 is 1.86 bits per heavy atom. The van der Waals surface area contributed by atoms with Crippen LogP contribution in [0, 0.1) is 0 Å². The van der Waals surface area contributed by atoms with E-state index in [2.05, 4.69) is 4.99 Å². The Balaban J connectivity index is 2.40. The zero-order valence-electron chi connectivity index (χ0n) is 21.3. The molecule has 0 unspecified atom stereocenters. The topological polar surface area (TPSA) is 51.1 Å². The number of ether oxygens (including phenoxy) is 1. The van der Waals surface area contributed by atoms with Gasteiger partial charge in [0.2, 0.25) is 0 Å². The van der Waals surface area contributed by atoms with E-state index < -0.39 is 39.4 Å². The lowest BCUT2D eigenvalue weighted by Crippen LogP contribution is -2.51. The van der Waals surface area contributed by atoms with E-state index >= 15 is 0 Å². The number of nitrogens with zero attached hydrogens (tertiary/aromatic N) is 2. The molecule has 0 N–H and O–H groups in total. The van der Waals surface area contributed by atoms with Gasteiger partial charge < -0.3 is 9.16 Å². The van der Waals surface area contributed by atoms with Gasteiger partial charge >= 0.3 is 0 Å². The molecule has 1 aliphatic heterocycles. The van der Waals surface area contributed by atoms with Gasteiger partial charge in [0, 0.05) is 6.50 Å². The zero-order valence-corrected chi connectivity index (χ0v) is 19.8. The zero-order chi connectivity index (χ0) is 24.9. The summed E-state index contributed by atoms with van der Waals surface area (Å²) in [6, 6.07) is 4.79. The Kier molecular flexibility index (Phi) is 5.54. The minimum absolute atomic E-state index is 0.136. The fraction of sp³-hybridized carbons (Fsp3) is 0.600. The third-order valence-corrected chi connectivity index (χ3v) is 10.1. The average Bonchev–Trinajstić information content (AvgIpc) is 2.81. The normalized spacial score (nSPS) is 23.0. The highest BCUT2D eigenvalue weighted by molar-refractivity contribution is 6.74. The maximum atomic E-state index is 13.4. The van der Waals surface area contributed by atoms with Crippen LogP contribution in [0.1, 0.15) is 40.1 Å². The number of carbonyl (C=O) groups is 1. The van der Waals surface area contributed by atoms with Gasteiger partial charge in [-0.1, -0.05) is 50.0 Å². The molecule has 0 spiro atoms. The first-order chi connectivity index (χ1) is 14.3. The molecule has 1 aromatic carbocycles. The van der Waals surface area contributed by atoms with Crippen molar-refractivity contribution in [2.24, 2.45) is 4.99 Å². The molecule has 0 bridgehead atoms. The van der Waals surface area contributed by atoms with Crippen LogP contribution in [0.4, 0.5) is 0 Å². The monoisotopic (exact) mass is 448 g/mol. The molecule has 0 fully saturated rings. The largest absolute Gasteiger partial charge is 0.480 e. The Morgan fingerprint density at radius 3 is 2.39 bits per heavy atom. The molecular weight excluding hydrogens is 415 g/mol. The molecule has 0 radical (unpaired) electrons. The van der Waals surface area contributed by atoms with Crippen LogP contribution in [0.25, 0.3) is 0 Å². The minimum atomic E-state index is -2.74. The highest BCUT2D eigenvalue weighted by Gasteiger charge is 2.41. The van der Waals surface area contributed by atoms with Gasteiger partial charge in [0.05, 0.1) is 22.0 Å². The second-order valence-electron chi connectivity index (χ2n) is 8.20. The van der Waals surface area contributed by atoms with Crippen molar-refractivity contribution in [1.82, 2.24) is 4.90 Å². The molecule has 0 aromatic heterocycles. The van der Waals surface area contributed by atoms with E-state index in [4.69, 9.17) is 37.8 Å². The summed E-state index contributed by atoms with van der Waals surface area (Å²) in [6.45, 7) is 7.68. The van der Waals surface area contributed by atoms with Gasteiger partial charge in [0.1, 0.15) is 11.9 Å². The Labute approximate surface area is 184 Å². The third-order valence-electron chi connectivity index (χ3n) is 4.98. The number of amides is 1. The van der Waals surface area contributed by atoms with Gasteiger partial charge in [-0.15, -0.1) is 0 Å². The van der Waals surface area contributed by atoms with Gasteiger partial charge in [-0.25, -0.2) is 0 Å². The molecule has 1 aromatic rings. The molecule has 2 rings (SSSR count). The van der Waals surface area contributed by atoms with Crippen molar-refractivity contribution in [2.45, 2.75) is 65.0 Å². The number of halogens is 2. The van der Waals surface area contributed by atoms with Crippen LogP contribution in [0.3, 0.4) is 0 Å². The van der Waals surface area contributed by atoms with E-state index in [9.17, 15) is 4.79 Å². The summed E-state index contributed by atoms with van der Waals surface area (Å²) in [4.78, 5) is 18.0. The molecule has 0 aliphatic carbocycles. The molecule has 156 valence electrons. The first kappa shape index (κ1) is 17.7. The Bertz CT molecular complexity index is 902. The van der Waals surface area contributed by atoms with Gasteiger partial charge in [0.15, 0.2) is 20.2 Å². The van der Waals surface area contributed by atoms with Gasteiger partial charge in [-0.2, -0.15) is 0 Å². The third kappa shape index (κ3) is 5.09. The molecule has 8 heteroatoms. The second kappa shape index (κ2) is 8.74. The number of rotatable bonds is 6. The summed E-state index contributed by atoms with van der Waals surface area (Å²) in [6.07, 6.45) is -2.04. The van der Waals surface area contributed by atoms with Crippen LogP contribution in [0.5, 0.6) is 5.75 Å².